The minimum Gasteiger partial charge on any atom is -0.423 e. The summed E-state index contributed by atoms with van der Waals surface area (Å²) in [6.45, 7) is 0. The largest absolute Gasteiger partial charge is 0.423 e. The van der Waals surface area contributed by atoms with Crippen molar-refractivity contribution in [2.24, 2.45) is 0 Å². The maximum atomic E-state index is 5.02. The predicted molar refractivity (Wildman–Crippen MR) is 45.2 cm³/mol. The predicted octanol–water partition coefficient (Wildman–Crippen LogP) is 1.89. The van der Waals surface area contributed by atoms with Gasteiger partial charge in [0.1, 0.15) is 0 Å². The summed E-state index contributed by atoms with van der Waals surface area (Å²) in [6, 6.07) is 1.80. The van der Waals surface area contributed by atoms with Gasteiger partial charge >= 0.3 is 0 Å². The molecule has 0 atom stereocenters. The van der Waals surface area contributed by atoms with E-state index in [1.807, 2.05) is 0 Å². The molecule has 0 aromatic carbocycles. The molecule has 2 aromatic heterocycles. The van der Waals surface area contributed by atoms with E-state index >= 15 is 0 Å². The summed E-state index contributed by atoms with van der Waals surface area (Å²) in [5.74, 6) is 0.490. The molecule has 0 saturated carbocycles. The lowest BCUT2D eigenvalue weighted by Gasteiger charge is -1.95. The van der Waals surface area contributed by atoms with Crippen molar-refractivity contribution in [1.82, 2.24) is 15.2 Å². The monoisotopic (exact) mass is 225 g/mol. The van der Waals surface area contributed by atoms with Crippen molar-refractivity contribution in [1.29, 1.82) is 0 Å². The van der Waals surface area contributed by atoms with E-state index in [0.717, 1.165) is 10.0 Å². The Labute approximate surface area is 76.8 Å². The van der Waals surface area contributed by atoms with Gasteiger partial charge in [0.2, 0.25) is 12.3 Å². The van der Waals surface area contributed by atoms with E-state index in [0.29, 0.717) is 5.89 Å². The van der Waals surface area contributed by atoms with Gasteiger partial charge < -0.3 is 4.42 Å². The van der Waals surface area contributed by atoms with Crippen LogP contribution < -0.4 is 0 Å². The van der Waals surface area contributed by atoms with Crippen LogP contribution >= 0.6 is 15.9 Å². The molecule has 0 fully saturated rings. The Balaban J connectivity index is 2.55. The first-order valence-corrected chi connectivity index (χ1v) is 4.03. The Hall–Kier alpha value is -1.23. The average Bonchev–Trinajstić information content (AvgIpc) is 2.57. The van der Waals surface area contributed by atoms with E-state index < -0.39 is 0 Å². The summed E-state index contributed by atoms with van der Waals surface area (Å²) in [5.41, 5.74) is 0.850. The van der Waals surface area contributed by atoms with Crippen LogP contribution in [0.5, 0.6) is 0 Å². The molecule has 0 N–H and O–H groups in total. The van der Waals surface area contributed by atoms with Gasteiger partial charge in [-0.25, -0.2) is 0 Å². The fourth-order valence-corrected chi connectivity index (χ4v) is 1.26. The zero-order valence-electron chi connectivity index (χ0n) is 5.94. The van der Waals surface area contributed by atoms with Gasteiger partial charge in [-0.1, -0.05) is 0 Å². The number of aromatic nitrogens is 3. The highest BCUT2D eigenvalue weighted by Gasteiger charge is 2.06. The van der Waals surface area contributed by atoms with Crippen LogP contribution in [-0.4, -0.2) is 15.2 Å². The maximum absolute atomic E-state index is 5.02. The third kappa shape index (κ3) is 1.23. The second-order valence-electron chi connectivity index (χ2n) is 2.10. The van der Waals surface area contributed by atoms with Gasteiger partial charge in [0, 0.05) is 16.9 Å². The minimum absolute atomic E-state index is 0.490. The molecule has 5 heteroatoms. The quantitative estimate of drug-likeness (QED) is 0.744. The van der Waals surface area contributed by atoms with E-state index in [-0.39, 0.29) is 0 Å². The van der Waals surface area contributed by atoms with Crippen LogP contribution in [0.3, 0.4) is 0 Å². The van der Waals surface area contributed by atoms with Crippen LogP contribution in [0, 0.1) is 0 Å². The number of rotatable bonds is 1. The molecule has 0 aliphatic rings. The first-order valence-electron chi connectivity index (χ1n) is 3.24. The molecule has 12 heavy (non-hydrogen) atoms. The van der Waals surface area contributed by atoms with Gasteiger partial charge in [-0.3, -0.25) is 4.98 Å². The average molecular weight is 226 g/mol. The van der Waals surface area contributed by atoms with Crippen molar-refractivity contribution < 1.29 is 4.42 Å². The van der Waals surface area contributed by atoms with E-state index in [9.17, 15) is 0 Å². The molecular weight excluding hydrogens is 222 g/mol. The Morgan fingerprint density at radius 3 is 3.00 bits per heavy atom. The fraction of sp³-hybridized carbons (Fsp3) is 0. The molecule has 0 saturated heterocycles. The summed E-state index contributed by atoms with van der Waals surface area (Å²) in [5, 5.41) is 7.35. The lowest BCUT2D eigenvalue weighted by molar-refractivity contribution is 0.568. The summed E-state index contributed by atoms with van der Waals surface area (Å²) in [6.07, 6.45) is 4.64. The minimum atomic E-state index is 0.490. The zero-order chi connectivity index (χ0) is 8.39. The van der Waals surface area contributed by atoms with Gasteiger partial charge in [-0.05, 0) is 22.0 Å². The fourth-order valence-electron chi connectivity index (χ4n) is 0.839. The molecule has 60 valence electrons. The summed E-state index contributed by atoms with van der Waals surface area (Å²) in [4.78, 5) is 3.92. The SMILES string of the molecule is Brc1cnccc1-c1nnco1. The molecule has 2 heterocycles. The molecule has 0 amide bonds. The third-order valence-corrected chi connectivity index (χ3v) is 1.99. The van der Waals surface area contributed by atoms with Crippen molar-refractivity contribution in [2.75, 3.05) is 0 Å². The number of hydrogen-bond acceptors (Lipinski definition) is 4. The number of pyridine rings is 1. The van der Waals surface area contributed by atoms with Gasteiger partial charge in [0.05, 0.1) is 5.56 Å². The van der Waals surface area contributed by atoms with Crippen LogP contribution in [0.4, 0.5) is 0 Å². The Bertz CT molecular complexity index is 374. The Kier molecular flexibility index (Phi) is 1.87. The van der Waals surface area contributed by atoms with E-state index in [1.54, 1.807) is 18.5 Å². The molecule has 0 aliphatic carbocycles. The highest BCUT2D eigenvalue weighted by Crippen LogP contribution is 2.24. The zero-order valence-corrected chi connectivity index (χ0v) is 7.52. The van der Waals surface area contributed by atoms with Gasteiger partial charge in [-0.2, -0.15) is 0 Å². The molecule has 0 radical (unpaired) electrons. The molecule has 2 rings (SSSR count). The van der Waals surface area contributed by atoms with Gasteiger partial charge in [0.15, 0.2) is 0 Å². The van der Waals surface area contributed by atoms with Crippen LogP contribution in [-0.2, 0) is 0 Å². The number of hydrogen-bond donors (Lipinski definition) is 0. The van der Waals surface area contributed by atoms with Crippen LogP contribution in [0.1, 0.15) is 0 Å². The Morgan fingerprint density at radius 1 is 1.42 bits per heavy atom. The first-order chi connectivity index (χ1) is 5.88. The summed E-state index contributed by atoms with van der Waals surface area (Å²) in [7, 11) is 0. The van der Waals surface area contributed by atoms with E-state index in [2.05, 4.69) is 31.1 Å². The highest BCUT2D eigenvalue weighted by molar-refractivity contribution is 9.10. The molecule has 0 spiro atoms. The van der Waals surface area contributed by atoms with Crippen LogP contribution in [0.2, 0.25) is 0 Å². The van der Waals surface area contributed by atoms with Gasteiger partial charge in [-0.15, -0.1) is 10.2 Å². The second kappa shape index (κ2) is 3.02. The van der Waals surface area contributed by atoms with Crippen LogP contribution in [0.25, 0.3) is 11.5 Å². The van der Waals surface area contributed by atoms with E-state index in [1.165, 1.54) is 6.39 Å². The molecule has 0 bridgehead atoms. The molecule has 0 aliphatic heterocycles. The Morgan fingerprint density at radius 2 is 2.33 bits per heavy atom. The van der Waals surface area contributed by atoms with Crippen molar-refractivity contribution in [3.8, 4) is 11.5 Å². The van der Waals surface area contributed by atoms with Crippen molar-refractivity contribution in [3.05, 3.63) is 29.3 Å². The van der Waals surface area contributed by atoms with Crippen LogP contribution in [0.15, 0.2) is 33.7 Å². The van der Waals surface area contributed by atoms with Crippen molar-refractivity contribution in [2.45, 2.75) is 0 Å². The normalized spacial score (nSPS) is 10.1. The highest BCUT2D eigenvalue weighted by atomic mass is 79.9. The lowest BCUT2D eigenvalue weighted by atomic mass is 10.3. The molecule has 2 aromatic rings. The third-order valence-electron chi connectivity index (χ3n) is 1.36. The van der Waals surface area contributed by atoms with E-state index in [4.69, 9.17) is 4.42 Å². The number of nitrogens with zero attached hydrogens (tertiary/aromatic N) is 3. The molecular formula is C7H4BrN3O. The molecule has 0 unspecified atom stereocenters. The maximum Gasteiger partial charge on any atom is 0.248 e. The van der Waals surface area contributed by atoms with Crippen molar-refractivity contribution >= 4 is 15.9 Å². The summed E-state index contributed by atoms with van der Waals surface area (Å²) >= 11 is 3.33. The van der Waals surface area contributed by atoms with Crippen molar-refractivity contribution in [3.63, 3.8) is 0 Å². The standard InChI is InChI=1S/C7H4BrN3O/c8-6-3-9-2-1-5(6)7-11-10-4-12-7/h1-4H. The smallest absolute Gasteiger partial charge is 0.248 e. The number of halogens is 1. The lowest BCUT2D eigenvalue weighted by Crippen LogP contribution is -1.80. The molecule has 4 nitrogen and oxygen atoms in total. The first kappa shape index (κ1) is 7.42. The summed E-state index contributed by atoms with van der Waals surface area (Å²) < 4.78 is 5.86. The van der Waals surface area contributed by atoms with Gasteiger partial charge in [0.25, 0.3) is 0 Å². The second-order valence-corrected chi connectivity index (χ2v) is 2.95. The topological polar surface area (TPSA) is 51.8 Å².